The number of carbonyl (C=O) groups excluding carboxylic acids is 1. The fourth-order valence-corrected chi connectivity index (χ4v) is 4.02. The molecular weight excluding hydrogens is 312 g/mol. The normalized spacial score (nSPS) is 17.2. The second kappa shape index (κ2) is 5.42. The van der Waals surface area contributed by atoms with Crippen LogP contribution in [0, 0.1) is 6.92 Å². The number of hydrogen-bond acceptors (Lipinski definition) is 6. The molecule has 1 atom stereocenters. The number of fused-ring (bicyclic) bond motifs is 2. The van der Waals surface area contributed by atoms with Gasteiger partial charge in [0.15, 0.2) is 0 Å². The first kappa shape index (κ1) is 14.3. The molecule has 0 fully saturated rings. The van der Waals surface area contributed by atoms with Gasteiger partial charge < -0.3 is 4.74 Å². The molecule has 1 aromatic carbocycles. The Balaban J connectivity index is 1.59. The average molecular weight is 328 g/mol. The summed E-state index contributed by atoms with van der Waals surface area (Å²) in [4.78, 5) is 18.1. The van der Waals surface area contributed by atoms with Crippen LogP contribution in [-0.2, 0) is 18.2 Å². The van der Waals surface area contributed by atoms with E-state index < -0.39 is 0 Å². The van der Waals surface area contributed by atoms with Gasteiger partial charge in [0.2, 0.25) is 0 Å². The molecule has 7 heteroatoms. The first-order valence-electron chi connectivity index (χ1n) is 7.58. The maximum atomic E-state index is 12.5. The Morgan fingerprint density at radius 3 is 3.17 bits per heavy atom. The van der Waals surface area contributed by atoms with Gasteiger partial charge in [-0.25, -0.2) is 14.5 Å². The Hall–Kier alpha value is -2.28. The van der Waals surface area contributed by atoms with E-state index in [1.807, 2.05) is 20.0 Å². The molecule has 3 aromatic rings. The van der Waals surface area contributed by atoms with Crippen molar-refractivity contribution in [3.05, 3.63) is 39.3 Å². The van der Waals surface area contributed by atoms with Crippen molar-refractivity contribution in [1.82, 2.24) is 20.0 Å². The standard InChI is InChI=1S/C16H16N4O2S/c1-9-17-11-4-3-5-14(15(11)23-9)22-16(21)10-6-7-13-12(8-10)18-19-20(13)2/h6-8,14H,3-5H2,1-2H3/t14-/m1/s1. The lowest BCUT2D eigenvalue weighted by molar-refractivity contribution is 0.0265. The molecule has 0 spiro atoms. The van der Waals surface area contributed by atoms with Crippen LogP contribution in [0.25, 0.3) is 11.0 Å². The number of hydrogen-bond donors (Lipinski definition) is 0. The molecule has 1 aliphatic rings. The van der Waals surface area contributed by atoms with Gasteiger partial charge in [0.05, 0.1) is 26.7 Å². The van der Waals surface area contributed by atoms with Crippen LogP contribution in [0.1, 0.15) is 44.9 Å². The summed E-state index contributed by atoms with van der Waals surface area (Å²) in [7, 11) is 1.82. The lowest BCUT2D eigenvalue weighted by Gasteiger charge is -2.21. The highest BCUT2D eigenvalue weighted by molar-refractivity contribution is 7.11. The summed E-state index contributed by atoms with van der Waals surface area (Å²) in [5.74, 6) is -0.318. The minimum absolute atomic E-state index is 0.185. The van der Waals surface area contributed by atoms with Gasteiger partial charge in [-0.05, 0) is 44.4 Å². The van der Waals surface area contributed by atoms with Gasteiger partial charge >= 0.3 is 5.97 Å². The molecule has 0 saturated heterocycles. The molecule has 118 valence electrons. The van der Waals surface area contributed by atoms with Crippen LogP contribution < -0.4 is 0 Å². The quantitative estimate of drug-likeness (QED) is 0.676. The second-order valence-corrected chi connectivity index (χ2v) is 6.98. The molecule has 23 heavy (non-hydrogen) atoms. The van der Waals surface area contributed by atoms with Crippen LogP contribution in [-0.4, -0.2) is 25.9 Å². The number of thiazole rings is 1. The number of aryl methyl sites for hydroxylation is 3. The van der Waals surface area contributed by atoms with Gasteiger partial charge in [0.1, 0.15) is 11.6 Å². The fourth-order valence-electron chi connectivity index (χ4n) is 2.98. The molecule has 6 nitrogen and oxygen atoms in total. The van der Waals surface area contributed by atoms with Gasteiger partial charge in [0, 0.05) is 7.05 Å². The molecular formula is C16H16N4O2S. The highest BCUT2D eigenvalue weighted by Gasteiger charge is 2.27. The predicted molar refractivity (Wildman–Crippen MR) is 86.5 cm³/mol. The number of rotatable bonds is 2. The highest BCUT2D eigenvalue weighted by Crippen LogP contribution is 2.36. The number of benzene rings is 1. The molecule has 0 unspecified atom stereocenters. The van der Waals surface area contributed by atoms with Crippen LogP contribution in [0.4, 0.5) is 0 Å². The molecule has 1 aliphatic carbocycles. The van der Waals surface area contributed by atoms with Crippen LogP contribution in [0.2, 0.25) is 0 Å². The Kier molecular flexibility index (Phi) is 3.37. The van der Waals surface area contributed by atoms with Crippen molar-refractivity contribution in [3.63, 3.8) is 0 Å². The van der Waals surface area contributed by atoms with Crippen molar-refractivity contribution in [2.24, 2.45) is 7.05 Å². The van der Waals surface area contributed by atoms with E-state index in [1.54, 1.807) is 28.2 Å². The average Bonchev–Trinajstić information content (AvgIpc) is 3.10. The van der Waals surface area contributed by atoms with Gasteiger partial charge in [-0.1, -0.05) is 5.21 Å². The molecule has 0 N–H and O–H groups in total. The molecule has 0 bridgehead atoms. The summed E-state index contributed by atoms with van der Waals surface area (Å²) in [6.45, 7) is 1.99. The lowest BCUT2D eigenvalue weighted by Crippen LogP contribution is -2.15. The molecule has 0 radical (unpaired) electrons. The summed E-state index contributed by atoms with van der Waals surface area (Å²) in [5.41, 5.74) is 3.17. The van der Waals surface area contributed by atoms with Crippen molar-refractivity contribution in [2.45, 2.75) is 32.3 Å². The largest absolute Gasteiger partial charge is 0.453 e. The van der Waals surface area contributed by atoms with Gasteiger partial charge in [-0.2, -0.15) is 0 Å². The van der Waals surface area contributed by atoms with E-state index in [9.17, 15) is 4.79 Å². The predicted octanol–water partition coefficient (Wildman–Crippen LogP) is 2.97. The number of esters is 1. The van der Waals surface area contributed by atoms with E-state index in [1.165, 1.54) is 0 Å². The third-order valence-corrected chi connectivity index (χ3v) is 5.21. The summed E-state index contributed by atoms with van der Waals surface area (Å²) in [5, 5.41) is 9.02. The van der Waals surface area contributed by atoms with Crippen LogP contribution in [0.15, 0.2) is 18.2 Å². The summed E-state index contributed by atoms with van der Waals surface area (Å²) in [6.07, 6.45) is 2.64. The molecule has 2 heterocycles. The van der Waals surface area contributed by atoms with Gasteiger partial charge in [0.25, 0.3) is 0 Å². The van der Waals surface area contributed by atoms with Crippen molar-refractivity contribution in [3.8, 4) is 0 Å². The third kappa shape index (κ3) is 2.50. The summed E-state index contributed by atoms with van der Waals surface area (Å²) in [6, 6.07) is 5.33. The zero-order chi connectivity index (χ0) is 16.0. The minimum atomic E-state index is -0.318. The number of aromatic nitrogens is 4. The van der Waals surface area contributed by atoms with Crippen LogP contribution in [0.3, 0.4) is 0 Å². The lowest BCUT2D eigenvalue weighted by atomic mass is 10.0. The highest BCUT2D eigenvalue weighted by atomic mass is 32.1. The Morgan fingerprint density at radius 2 is 2.30 bits per heavy atom. The number of ether oxygens (including phenoxy) is 1. The van der Waals surface area contributed by atoms with Crippen molar-refractivity contribution in [1.29, 1.82) is 0 Å². The van der Waals surface area contributed by atoms with E-state index in [-0.39, 0.29) is 12.1 Å². The monoisotopic (exact) mass is 328 g/mol. The molecule has 0 amide bonds. The molecule has 0 saturated carbocycles. The third-order valence-electron chi connectivity index (χ3n) is 4.10. The van der Waals surface area contributed by atoms with E-state index in [2.05, 4.69) is 15.3 Å². The van der Waals surface area contributed by atoms with Gasteiger partial charge in [-0.15, -0.1) is 16.4 Å². The number of nitrogens with zero attached hydrogens (tertiary/aromatic N) is 4. The Bertz CT molecular complexity index is 899. The van der Waals surface area contributed by atoms with E-state index in [4.69, 9.17) is 4.74 Å². The first-order valence-corrected chi connectivity index (χ1v) is 8.40. The maximum Gasteiger partial charge on any atom is 0.338 e. The molecule has 2 aromatic heterocycles. The van der Waals surface area contributed by atoms with E-state index in [0.717, 1.165) is 40.4 Å². The van der Waals surface area contributed by atoms with Gasteiger partial charge in [-0.3, -0.25) is 0 Å². The molecule has 0 aliphatic heterocycles. The topological polar surface area (TPSA) is 69.9 Å². The van der Waals surface area contributed by atoms with Crippen molar-refractivity contribution in [2.75, 3.05) is 0 Å². The molecule has 4 rings (SSSR count). The van der Waals surface area contributed by atoms with Crippen molar-refractivity contribution < 1.29 is 9.53 Å². The summed E-state index contributed by atoms with van der Waals surface area (Å²) >= 11 is 1.63. The Labute approximate surface area is 137 Å². The maximum absolute atomic E-state index is 12.5. The number of carbonyl (C=O) groups is 1. The summed E-state index contributed by atoms with van der Waals surface area (Å²) < 4.78 is 7.43. The fraction of sp³-hybridized carbons (Fsp3) is 0.375. The van der Waals surface area contributed by atoms with E-state index in [0.29, 0.717) is 11.1 Å². The van der Waals surface area contributed by atoms with Crippen LogP contribution in [0.5, 0.6) is 0 Å². The van der Waals surface area contributed by atoms with E-state index >= 15 is 0 Å². The SMILES string of the molecule is Cc1nc2c(s1)[C@H](OC(=O)c1ccc3c(c1)nnn3C)CCC2. The van der Waals surface area contributed by atoms with Crippen LogP contribution >= 0.6 is 11.3 Å². The Morgan fingerprint density at radius 1 is 1.43 bits per heavy atom. The first-order chi connectivity index (χ1) is 11.1. The van der Waals surface area contributed by atoms with Crippen molar-refractivity contribution >= 4 is 28.3 Å². The minimum Gasteiger partial charge on any atom is -0.453 e. The smallest absolute Gasteiger partial charge is 0.338 e. The zero-order valence-electron chi connectivity index (χ0n) is 12.9. The zero-order valence-corrected chi connectivity index (χ0v) is 13.8. The second-order valence-electron chi connectivity index (χ2n) is 5.75.